The van der Waals surface area contributed by atoms with Crippen LogP contribution in [0.25, 0.3) is 0 Å². The van der Waals surface area contributed by atoms with Crippen molar-refractivity contribution in [1.82, 2.24) is 5.32 Å². The van der Waals surface area contributed by atoms with Crippen LogP contribution >= 0.6 is 7.82 Å². The topological polar surface area (TPSA) is 148 Å². The number of nitrogens with one attached hydrogen (secondary N) is 1. The van der Waals surface area contributed by atoms with Crippen LogP contribution in [-0.4, -0.2) is 53.5 Å². The lowest BCUT2D eigenvalue weighted by atomic mass is 10.1. The zero-order valence-corrected chi connectivity index (χ0v) is 23.1. The van der Waals surface area contributed by atoms with Crippen molar-refractivity contribution in [1.29, 1.82) is 0 Å². The van der Waals surface area contributed by atoms with Gasteiger partial charge in [0.05, 0.1) is 6.61 Å². The Balaban J connectivity index is 4.10. The molecule has 0 aromatic heterocycles. The molecule has 10 nitrogen and oxygen atoms in total. The van der Waals surface area contributed by atoms with Crippen molar-refractivity contribution < 1.29 is 42.7 Å². The maximum Gasteiger partial charge on any atom is 0.469 e. The van der Waals surface area contributed by atoms with Crippen molar-refractivity contribution >= 4 is 25.7 Å². The van der Waals surface area contributed by atoms with Gasteiger partial charge in [0.15, 0.2) is 6.10 Å². The van der Waals surface area contributed by atoms with Gasteiger partial charge in [-0.15, -0.1) is 0 Å². The number of rotatable bonds is 24. The molecule has 36 heavy (non-hydrogen) atoms. The average molecular weight is 538 g/mol. The highest BCUT2D eigenvalue weighted by Crippen LogP contribution is 2.35. The summed E-state index contributed by atoms with van der Waals surface area (Å²) in [6.07, 6.45) is 13.5. The van der Waals surface area contributed by atoms with Crippen LogP contribution in [0.15, 0.2) is 0 Å². The number of carbonyl (C=O) groups excluding carboxylic acids is 3. The highest BCUT2D eigenvalue weighted by molar-refractivity contribution is 7.46. The molecule has 0 rings (SSSR count). The van der Waals surface area contributed by atoms with Gasteiger partial charge in [-0.25, -0.2) is 4.57 Å². The summed E-state index contributed by atoms with van der Waals surface area (Å²) in [4.78, 5) is 52.8. The molecule has 0 spiro atoms. The van der Waals surface area contributed by atoms with Crippen molar-refractivity contribution in [3.05, 3.63) is 0 Å². The van der Waals surface area contributed by atoms with Gasteiger partial charge in [0.25, 0.3) is 0 Å². The Morgan fingerprint density at radius 3 is 1.78 bits per heavy atom. The van der Waals surface area contributed by atoms with E-state index in [1.165, 1.54) is 32.6 Å². The second-order valence-electron chi connectivity index (χ2n) is 9.16. The molecule has 0 aliphatic rings. The van der Waals surface area contributed by atoms with E-state index in [4.69, 9.17) is 19.3 Å². The third-order valence-electron chi connectivity index (χ3n) is 5.57. The smallest absolute Gasteiger partial charge is 0.462 e. The fourth-order valence-electron chi connectivity index (χ4n) is 3.57. The molecular formula is C25H48NO9P. The summed E-state index contributed by atoms with van der Waals surface area (Å²) in [5.41, 5.74) is 0. The molecule has 0 saturated carbocycles. The second-order valence-corrected chi connectivity index (χ2v) is 10.4. The van der Waals surface area contributed by atoms with Crippen molar-refractivity contribution in [2.45, 2.75) is 123 Å². The molecular weight excluding hydrogens is 489 g/mol. The Hall–Kier alpha value is -1.48. The molecule has 1 amide bonds. The fourth-order valence-corrected chi connectivity index (χ4v) is 3.93. The van der Waals surface area contributed by atoms with Gasteiger partial charge in [0.1, 0.15) is 6.61 Å². The SMILES string of the molecule is CCCCCCCCCCC(=O)O[C@H](COC(=O)CCCCCCCCNC(C)=O)COP(=O)(O)O. The van der Waals surface area contributed by atoms with Gasteiger partial charge in [0, 0.05) is 26.3 Å². The highest BCUT2D eigenvalue weighted by Gasteiger charge is 2.22. The van der Waals surface area contributed by atoms with Crippen LogP contribution in [-0.2, 0) is 32.9 Å². The molecule has 0 bridgehead atoms. The number of unbranched alkanes of at least 4 members (excludes halogenated alkanes) is 12. The highest BCUT2D eigenvalue weighted by atomic mass is 31.2. The lowest BCUT2D eigenvalue weighted by Crippen LogP contribution is -2.29. The summed E-state index contributed by atoms with van der Waals surface area (Å²) in [6, 6.07) is 0. The molecule has 0 saturated heterocycles. The van der Waals surface area contributed by atoms with Gasteiger partial charge in [-0.1, -0.05) is 77.6 Å². The third kappa shape index (κ3) is 25.6. The summed E-state index contributed by atoms with van der Waals surface area (Å²) >= 11 is 0. The molecule has 0 aromatic rings. The first-order chi connectivity index (χ1) is 17.1. The molecule has 3 N–H and O–H groups in total. The molecule has 0 aliphatic carbocycles. The van der Waals surface area contributed by atoms with Crippen molar-refractivity contribution in [2.75, 3.05) is 19.8 Å². The summed E-state index contributed by atoms with van der Waals surface area (Å²) in [6.45, 7) is 3.48. The Morgan fingerprint density at radius 2 is 1.25 bits per heavy atom. The number of phosphoric acid groups is 1. The van der Waals surface area contributed by atoms with E-state index in [0.29, 0.717) is 19.4 Å². The Bertz CT molecular complexity index is 639. The predicted molar refractivity (Wildman–Crippen MR) is 137 cm³/mol. The van der Waals surface area contributed by atoms with Gasteiger partial charge in [-0.05, 0) is 19.3 Å². The van der Waals surface area contributed by atoms with Crippen molar-refractivity contribution in [2.24, 2.45) is 0 Å². The van der Waals surface area contributed by atoms with Crippen LogP contribution in [0.4, 0.5) is 0 Å². The Labute approximate surface area is 216 Å². The summed E-state index contributed by atoms with van der Waals surface area (Å²) in [5.74, 6) is -0.988. The zero-order valence-electron chi connectivity index (χ0n) is 22.2. The summed E-state index contributed by atoms with van der Waals surface area (Å²) < 4.78 is 25.9. The molecule has 0 heterocycles. The number of ether oxygens (including phenoxy) is 2. The summed E-state index contributed by atoms with van der Waals surface area (Å²) in [7, 11) is -4.75. The van der Waals surface area contributed by atoms with E-state index in [-0.39, 0.29) is 25.4 Å². The van der Waals surface area contributed by atoms with Gasteiger partial charge in [0.2, 0.25) is 5.91 Å². The maximum atomic E-state index is 12.1. The monoisotopic (exact) mass is 537 g/mol. The molecule has 0 radical (unpaired) electrons. The Morgan fingerprint density at radius 1 is 0.750 bits per heavy atom. The molecule has 0 aromatic carbocycles. The Kier molecular flexibility index (Phi) is 21.8. The fraction of sp³-hybridized carbons (Fsp3) is 0.880. The van der Waals surface area contributed by atoms with Gasteiger partial charge in [-0.2, -0.15) is 0 Å². The van der Waals surface area contributed by atoms with E-state index in [1.807, 2.05) is 0 Å². The zero-order chi connectivity index (χ0) is 27.1. The minimum atomic E-state index is -4.75. The number of amides is 1. The number of carbonyl (C=O) groups is 3. The van der Waals surface area contributed by atoms with Crippen molar-refractivity contribution in [3.8, 4) is 0 Å². The molecule has 11 heteroatoms. The lowest BCUT2D eigenvalue weighted by molar-refractivity contribution is -0.161. The largest absolute Gasteiger partial charge is 0.469 e. The molecule has 0 aliphatic heterocycles. The molecule has 212 valence electrons. The van der Waals surface area contributed by atoms with Crippen LogP contribution < -0.4 is 5.32 Å². The van der Waals surface area contributed by atoms with Gasteiger partial charge < -0.3 is 24.6 Å². The number of esters is 2. The standard InChI is InChI=1S/C25H48NO9P/c1-3-4-5-6-7-8-12-15-18-25(29)35-23(21-34-36(30,31)32)20-33-24(28)17-14-11-9-10-13-16-19-26-22(2)27/h23H,3-21H2,1-2H3,(H,26,27)(H2,30,31,32)/t23-/m1/s1. The van der Waals surface area contributed by atoms with E-state index in [2.05, 4.69) is 16.8 Å². The van der Waals surface area contributed by atoms with E-state index >= 15 is 0 Å². The van der Waals surface area contributed by atoms with Crippen molar-refractivity contribution in [3.63, 3.8) is 0 Å². The lowest BCUT2D eigenvalue weighted by Gasteiger charge is -2.18. The first-order valence-electron chi connectivity index (χ1n) is 13.4. The molecule has 0 unspecified atom stereocenters. The van der Waals surface area contributed by atoms with Crippen LogP contribution in [0.3, 0.4) is 0 Å². The second kappa shape index (κ2) is 22.7. The van der Waals surface area contributed by atoms with Gasteiger partial charge in [-0.3, -0.25) is 18.9 Å². The predicted octanol–water partition coefficient (Wildman–Crippen LogP) is 4.95. The molecule has 0 fully saturated rings. The van der Waals surface area contributed by atoms with Crippen LogP contribution in [0.1, 0.15) is 117 Å². The van der Waals surface area contributed by atoms with Gasteiger partial charge >= 0.3 is 19.8 Å². The number of phosphoric ester groups is 1. The first kappa shape index (κ1) is 34.5. The first-order valence-corrected chi connectivity index (χ1v) is 15.0. The minimum Gasteiger partial charge on any atom is -0.462 e. The normalized spacial score (nSPS) is 12.2. The van der Waals surface area contributed by atoms with E-state index < -0.39 is 32.5 Å². The van der Waals surface area contributed by atoms with Crippen LogP contribution in [0.2, 0.25) is 0 Å². The minimum absolute atomic E-state index is 0.0256. The number of hydrogen-bond donors (Lipinski definition) is 3. The maximum absolute atomic E-state index is 12.1. The van der Waals surface area contributed by atoms with Crippen LogP contribution in [0, 0.1) is 0 Å². The quantitative estimate of drug-likeness (QED) is 0.0883. The van der Waals surface area contributed by atoms with Crippen LogP contribution in [0.5, 0.6) is 0 Å². The average Bonchev–Trinajstić information content (AvgIpc) is 2.80. The van der Waals surface area contributed by atoms with E-state index in [9.17, 15) is 18.9 Å². The van der Waals surface area contributed by atoms with E-state index in [1.54, 1.807) is 0 Å². The third-order valence-corrected chi connectivity index (χ3v) is 6.06. The number of hydrogen-bond acceptors (Lipinski definition) is 7. The van der Waals surface area contributed by atoms with E-state index in [0.717, 1.165) is 51.4 Å². The summed E-state index contributed by atoms with van der Waals surface area (Å²) in [5, 5.41) is 2.75. The molecule has 1 atom stereocenters.